The number of hydrogen-bond donors (Lipinski definition) is 1. The summed E-state index contributed by atoms with van der Waals surface area (Å²) in [6.07, 6.45) is 3.89. The van der Waals surface area contributed by atoms with Gasteiger partial charge >= 0.3 is 6.03 Å². The van der Waals surface area contributed by atoms with Gasteiger partial charge in [-0.05, 0) is 46.7 Å². The molecule has 1 aliphatic heterocycles. The Labute approximate surface area is 125 Å². The maximum Gasteiger partial charge on any atom is 0.330 e. The SMILES string of the molecule is CN(C)C(C)(C)CN1C(=O)NC(=O)C(C2CCCC2)C1=O. The van der Waals surface area contributed by atoms with Gasteiger partial charge in [0.05, 0.1) is 0 Å². The highest BCUT2D eigenvalue weighted by molar-refractivity contribution is 6.16. The standard InChI is InChI=1S/C15H25N3O3/c1-15(2,17(3)4)9-18-13(20)11(10-7-5-6-8-10)12(19)16-14(18)21/h10-11H,5-9H2,1-4H3,(H,16,19,21). The van der Waals surface area contributed by atoms with Crippen molar-refractivity contribution in [1.29, 1.82) is 0 Å². The molecule has 0 radical (unpaired) electrons. The fraction of sp³-hybridized carbons (Fsp3) is 0.800. The summed E-state index contributed by atoms with van der Waals surface area (Å²) in [4.78, 5) is 39.9. The van der Waals surface area contributed by atoms with E-state index >= 15 is 0 Å². The van der Waals surface area contributed by atoms with Gasteiger partial charge in [-0.3, -0.25) is 19.8 Å². The van der Waals surface area contributed by atoms with E-state index in [1.165, 1.54) is 4.90 Å². The number of carbonyl (C=O) groups is 3. The first-order valence-corrected chi connectivity index (χ1v) is 7.57. The van der Waals surface area contributed by atoms with Crippen molar-refractivity contribution in [3.05, 3.63) is 0 Å². The molecule has 1 heterocycles. The van der Waals surface area contributed by atoms with Crippen molar-refractivity contribution in [1.82, 2.24) is 15.1 Å². The summed E-state index contributed by atoms with van der Waals surface area (Å²) in [6.45, 7) is 4.21. The van der Waals surface area contributed by atoms with Gasteiger partial charge in [0.15, 0.2) is 0 Å². The second-order valence-corrected chi connectivity index (χ2v) is 6.95. The number of imide groups is 2. The number of carbonyl (C=O) groups excluding carboxylic acids is 3. The minimum Gasteiger partial charge on any atom is -0.302 e. The molecule has 1 aliphatic carbocycles. The van der Waals surface area contributed by atoms with E-state index in [0.717, 1.165) is 25.7 Å². The first-order chi connectivity index (χ1) is 9.74. The Morgan fingerprint density at radius 3 is 2.29 bits per heavy atom. The molecule has 0 aromatic rings. The summed E-state index contributed by atoms with van der Waals surface area (Å²) in [5.41, 5.74) is -0.340. The largest absolute Gasteiger partial charge is 0.330 e. The zero-order valence-electron chi connectivity index (χ0n) is 13.3. The van der Waals surface area contributed by atoms with Crippen molar-refractivity contribution >= 4 is 17.8 Å². The first kappa shape index (κ1) is 15.9. The predicted octanol–water partition coefficient (Wildman–Crippen LogP) is 1.21. The molecule has 2 rings (SSSR count). The number of amides is 4. The predicted molar refractivity (Wildman–Crippen MR) is 78.5 cm³/mol. The second-order valence-electron chi connectivity index (χ2n) is 6.95. The summed E-state index contributed by atoms with van der Waals surface area (Å²) in [5.74, 6) is -1.36. The minimum absolute atomic E-state index is 0.0792. The number of likely N-dealkylation sites (N-methyl/N-ethyl adjacent to an activating group) is 1. The molecule has 0 aromatic heterocycles. The Balaban J connectivity index is 2.19. The molecule has 2 fully saturated rings. The Hall–Kier alpha value is -1.43. The van der Waals surface area contributed by atoms with Gasteiger partial charge in [0.25, 0.3) is 0 Å². The molecule has 0 bridgehead atoms. The minimum atomic E-state index is -0.692. The average molecular weight is 295 g/mol. The number of barbiturate groups is 1. The maximum absolute atomic E-state index is 12.7. The van der Waals surface area contributed by atoms with Crippen LogP contribution in [-0.4, -0.2) is 53.8 Å². The van der Waals surface area contributed by atoms with Crippen LogP contribution in [0.15, 0.2) is 0 Å². The van der Waals surface area contributed by atoms with Crippen molar-refractivity contribution < 1.29 is 14.4 Å². The lowest BCUT2D eigenvalue weighted by atomic mass is 9.87. The number of hydrogen-bond acceptors (Lipinski definition) is 4. The van der Waals surface area contributed by atoms with Crippen molar-refractivity contribution in [2.24, 2.45) is 11.8 Å². The van der Waals surface area contributed by atoms with Crippen LogP contribution < -0.4 is 5.32 Å². The first-order valence-electron chi connectivity index (χ1n) is 7.57. The maximum atomic E-state index is 12.7. The molecule has 2 aliphatic rings. The fourth-order valence-electron chi connectivity index (χ4n) is 3.02. The molecule has 1 unspecified atom stereocenters. The summed E-state index contributed by atoms with van der Waals surface area (Å²) < 4.78 is 0. The smallest absolute Gasteiger partial charge is 0.302 e. The molecule has 1 N–H and O–H groups in total. The van der Waals surface area contributed by atoms with Crippen LogP contribution in [0.1, 0.15) is 39.5 Å². The Kier molecular flexibility index (Phi) is 4.37. The average Bonchev–Trinajstić information content (AvgIpc) is 2.88. The molecule has 118 valence electrons. The molecule has 1 saturated heterocycles. The van der Waals surface area contributed by atoms with E-state index in [1.54, 1.807) is 0 Å². The molecular formula is C15H25N3O3. The van der Waals surface area contributed by atoms with E-state index in [9.17, 15) is 14.4 Å². The second kappa shape index (κ2) is 5.75. The summed E-state index contributed by atoms with van der Waals surface area (Å²) in [6, 6.07) is -0.589. The molecule has 6 nitrogen and oxygen atoms in total. The van der Waals surface area contributed by atoms with Gasteiger partial charge in [-0.1, -0.05) is 12.8 Å². The summed E-state index contributed by atoms with van der Waals surface area (Å²) in [7, 11) is 3.82. The molecule has 6 heteroatoms. The fourth-order valence-corrected chi connectivity index (χ4v) is 3.02. The highest BCUT2D eigenvalue weighted by atomic mass is 16.2. The van der Waals surface area contributed by atoms with E-state index in [2.05, 4.69) is 5.32 Å². The van der Waals surface area contributed by atoms with Crippen LogP contribution in [0.2, 0.25) is 0 Å². The van der Waals surface area contributed by atoms with Crippen LogP contribution in [0.25, 0.3) is 0 Å². The van der Waals surface area contributed by atoms with E-state index in [-0.39, 0.29) is 23.9 Å². The van der Waals surface area contributed by atoms with Crippen molar-refractivity contribution in [2.45, 2.75) is 45.1 Å². The van der Waals surface area contributed by atoms with Gasteiger partial charge in [0.1, 0.15) is 5.92 Å². The van der Waals surface area contributed by atoms with E-state index < -0.39 is 17.9 Å². The monoisotopic (exact) mass is 295 g/mol. The lowest BCUT2D eigenvalue weighted by Gasteiger charge is -2.40. The molecule has 0 aromatic carbocycles. The lowest BCUT2D eigenvalue weighted by Crippen LogP contribution is -2.63. The third kappa shape index (κ3) is 3.10. The molecule has 21 heavy (non-hydrogen) atoms. The highest BCUT2D eigenvalue weighted by Crippen LogP contribution is 2.34. The Morgan fingerprint density at radius 2 is 1.76 bits per heavy atom. The van der Waals surface area contributed by atoms with Crippen LogP contribution >= 0.6 is 0 Å². The van der Waals surface area contributed by atoms with Gasteiger partial charge < -0.3 is 4.90 Å². The Bertz CT molecular complexity index is 453. The number of nitrogens with one attached hydrogen (secondary N) is 1. The van der Waals surface area contributed by atoms with Crippen molar-refractivity contribution in [3.63, 3.8) is 0 Å². The van der Waals surface area contributed by atoms with E-state index in [1.807, 2.05) is 32.8 Å². The lowest BCUT2D eigenvalue weighted by molar-refractivity contribution is -0.146. The molecule has 1 atom stereocenters. The van der Waals surface area contributed by atoms with Gasteiger partial charge in [0.2, 0.25) is 11.8 Å². The molecular weight excluding hydrogens is 270 g/mol. The van der Waals surface area contributed by atoms with E-state index in [4.69, 9.17) is 0 Å². The third-order valence-corrected chi connectivity index (χ3v) is 4.92. The van der Waals surface area contributed by atoms with Gasteiger partial charge in [-0.2, -0.15) is 0 Å². The van der Waals surface area contributed by atoms with Crippen LogP contribution in [0.3, 0.4) is 0 Å². The normalized spacial score (nSPS) is 24.9. The quantitative estimate of drug-likeness (QED) is 0.792. The van der Waals surface area contributed by atoms with Gasteiger partial charge in [0, 0.05) is 12.1 Å². The van der Waals surface area contributed by atoms with Crippen LogP contribution in [0, 0.1) is 11.8 Å². The van der Waals surface area contributed by atoms with Crippen LogP contribution in [0.5, 0.6) is 0 Å². The summed E-state index contributed by atoms with van der Waals surface area (Å²) >= 11 is 0. The zero-order valence-corrected chi connectivity index (χ0v) is 13.3. The highest BCUT2D eigenvalue weighted by Gasteiger charge is 2.46. The summed E-state index contributed by atoms with van der Waals surface area (Å²) in [5, 5.41) is 2.36. The third-order valence-electron chi connectivity index (χ3n) is 4.92. The topological polar surface area (TPSA) is 69.7 Å². The number of nitrogens with zero attached hydrogens (tertiary/aromatic N) is 2. The van der Waals surface area contributed by atoms with Crippen LogP contribution in [-0.2, 0) is 9.59 Å². The number of urea groups is 1. The zero-order chi connectivity index (χ0) is 15.8. The van der Waals surface area contributed by atoms with Gasteiger partial charge in [-0.15, -0.1) is 0 Å². The van der Waals surface area contributed by atoms with Gasteiger partial charge in [-0.25, -0.2) is 4.79 Å². The van der Waals surface area contributed by atoms with E-state index in [0.29, 0.717) is 0 Å². The van der Waals surface area contributed by atoms with Crippen LogP contribution in [0.4, 0.5) is 4.79 Å². The molecule has 1 saturated carbocycles. The van der Waals surface area contributed by atoms with Crippen molar-refractivity contribution in [2.75, 3.05) is 20.6 Å². The molecule has 4 amide bonds. The van der Waals surface area contributed by atoms with Crippen molar-refractivity contribution in [3.8, 4) is 0 Å². The molecule has 0 spiro atoms. The Morgan fingerprint density at radius 1 is 1.19 bits per heavy atom. The number of rotatable bonds is 4.